The number of rotatable bonds is 4. The second-order valence-electron chi connectivity index (χ2n) is 5.65. The molecule has 0 amide bonds. The number of hydrogen-bond acceptors (Lipinski definition) is 4. The van der Waals surface area contributed by atoms with Crippen LogP contribution in [0.25, 0.3) is 0 Å². The summed E-state index contributed by atoms with van der Waals surface area (Å²) in [4.78, 5) is 10.8. The summed E-state index contributed by atoms with van der Waals surface area (Å²) in [5.74, 6) is -1.20. The first-order chi connectivity index (χ1) is 9.70. The lowest BCUT2D eigenvalue weighted by Gasteiger charge is -2.35. The predicted octanol–water partition coefficient (Wildman–Crippen LogP) is 1.06. The summed E-state index contributed by atoms with van der Waals surface area (Å²) < 4.78 is 26.0. The van der Waals surface area contributed by atoms with Crippen LogP contribution < -0.4 is 0 Å². The number of sulfonamides is 1. The zero-order valence-electron chi connectivity index (χ0n) is 11.8. The van der Waals surface area contributed by atoms with E-state index in [1.54, 1.807) is 6.92 Å². The maximum atomic E-state index is 12.3. The van der Waals surface area contributed by atoms with Gasteiger partial charge in [0.1, 0.15) is 0 Å². The Balaban J connectivity index is 2.06. The molecule has 0 aliphatic carbocycles. The second kappa shape index (κ2) is 5.75. The van der Waals surface area contributed by atoms with Gasteiger partial charge in [0, 0.05) is 13.1 Å². The molecule has 1 saturated heterocycles. The van der Waals surface area contributed by atoms with Gasteiger partial charge in [-0.15, -0.1) is 0 Å². The lowest BCUT2D eigenvalue weighted by molar-refractivity contribution is 0.0125. The largest absolute Gasteiger partial charge is 0.478 e. The molecule has 2 N–H and O–H groups in total. The minimum absolute atomic E-state index is 0.130. The molecule has 1 heterocycles. The molecule has 0 spiro atoms. The van der Waals surface area contributed by atoms with Gasteiger partial charge in [-0.3, -0.25) is 0 Å². The first-order valence-electron chi connectivity index (χ1n) is 6.72. The van der Waals surface area contributed by atoms with Crippen LogP contribution in [0.4, 0.5) is 0 Å². The molecule has 1 aliphatic rings. The summed E-state index contributed by atoms with van der Waals surface area (Å²) in [7, 11) is -3.44. The van der Waals surface area contributed by atoms with Crippen molar-refractivity contribution in [2.24, 2.45) is 0 Å². The maximum absolute atomic E-state index is 12.3. The van der Waals surface area contributed by atoms with E-state index in [-0.39, 0.29) is 11.3 Å². The smallest absolute Gasteiger partial charge is 0.335 e. The molecule has 0 radical (unpaired) electrons. The van der Waals surface area contributed by atoms with Gasteiger partial charge in [-0.05, 0) is 37.5 Å². The number of carbonyl (C=O) groups is 1. The highest BCUT2D eigenvalue weighted by atomic mass is 32.2. The fourth-order valence-corrected chi connectivity index (χ4v) is 3.83. The number of carboxylic acids is 1. The molecule has 0 unspecified atom stereocenters. The third kappa shape index (κ3) is 4.03. The molecular formula is C14H19NO5S. The molecule has 0 bridgehead atoms. The molecule has 7 heteroatoms. The molecule has 6 nitrogen and oxygen atoms in total. The number of nitrogens with zero attached hydrogens (tertiary/aromatic N) is 1. The average molecular weight is 313 g/mol. The van der Waals surface area contributed by atoms with Crippen molar-refractivity contribution in [3.8, 4) is 0 Å². The normalized spacial score (nSPS) is 19.3. The Morgan fingerprint density at radius 1 is 1.24 bits per heavy atom. The summed E-state index contributed by atoms with van der Waals surface area (Å²) in [5.41, 5.74) is -0.114. The van der Waals surface area contributed by atoms with E-state index < -0.39 is 21.6 Å². The lowest BCUT2D eigenvalue weighted by atomic mass is 9.95. The van der Waals surface area contributed by atoms with Crippen LogP contribution in [0.15, 0.2) is 24.3 Å². The zero-order valence-corrected chi connectivity index (χ0v) is 12.6. The standard InChI is InChI=1S/C14H19NO5S/c1-14(18)6-8-15(9-7-14)21(19,20)10-11-2-4-12(5-3-11)13(16)17/h2-5,18H,6-10H2,1H3,(H,16,17). The van der Waals surface area contributed by atoms with Crippen molar-refractivity contribution in [1.29, 1.82) is 0 Å². The van der Waals surface area contributed by atoms with Crippen LogP contribution in [-0.4, -0.2) is 47.6 Å². The maximum Gasteiger partial charge on any atom is 0.335 e. The number of benzene rings is 1. The highest BCUT2D eigenvalue weighted by Gasteiger charge is 2.33. The Morgan fingerprint density at radius 3 is 2.24 bits per heavy atom. The number of aromatic carboxylic acids is 1. The molecule has 1 aromatic rings. The van der Waals surface area contributed by atoms with Crippen molar-refractivity contribution in [3.05, 3.63) is 35.4 Å². The topological polar surface area (TPSA) is 94.9 Å². The minimum Gasteiger partial charge on any atom is -0.478 e. The van der Waals surface area contributed by atoms with Crippen LogP contribution in [0, 0.1) is 0 Å². The quantitative estimate of drug-likeness (QED) is 0.866. The van der Waals surface area contributed by atoms with Crippen molar-refractivity contribution in [2.45, 2.75) is 31.1 Å². The van der Waals surface area contributed by atoms with Crippen molar-refractivity contribution < 1.29 is 23.4 Å². The Labute approximate surface area is 124 Å². The van der Waals surface area contributed by atoms with Gasteiger partial charge in [0.15, 0.2) is 0 Å². The van der Waals surface area contributed by atoms with Gasteiger partial charge >= 0.3 is 5.97 Å². The van der Waals surface area contributed by atoms with E-state index in [1.165, 1.54) is 28.6 Å². The molecule has 1 aromatic carbocycles. The molecule has 1 aliphatic heterocycles. The SMILES string of the molecule is CC1(O)CCN(S(=O)(=O)Cc2ccc(C(=O)O)cc2)CC1. The fraction of sp³-hybridized carbons (Fsp3) is 0.500. The van der Waals surface area contributed by atoms with Gasteiger partial charge < -0.3 is 10.2 Å². The number of carboxylic acid groups (broad SMARTS) is 1. The summed E-state index contributed by atoms with van der Waals surface area (Å²) in [5, 5.41) is 18.7. The third-order valence-electron chi connectivity index (χ3n) is 3.74. The first-order valence-corrected chi connectivity index (χ1v) is 8.33. The van der Waals surface area contributed by atoms with Gasteiger partial charge in [0.2, 0.25) is 10.0 Å². The van der Waals surface area contributed by atoms with E-state index >= 15 is 0 Å². The Kier molecular flexibility index (Phi) is 4.36. The number of hydrogen-bond donors (Lipinski definition) is 2. The molecular weight excluding hydrogens is 294 g/mol. The second-order valence-corrected chi connectivity index (χ2v) is 7.62. The Bertz CT molecular complexity index is 611. The zero-order chi connectivity index (χ0) is 15.7. The molecule has 2 rings (SSSR count). The van der Waals surface area contributed by atoms with E-state index in [9.17, 15) is 18.3 Å². The Morgan fingerprint density at radius 2 is 1.76 bits per heavy atom. The van der Waals surface area contributed by atoms with Gasteiger partial charge in [-0.2, -0.15) is 0 Å². The highest BCUT2D eigenvalue weighted by molar-refractivity contribution is 7.88. The van der Waals surface area contributed by atoms with Gasteiger partial charge in [0.05, 0.1) is 16.9 Å². The van der Waals surface area contributed by atoms with Crippen LogP contribution in [-0.2, 0) is 15.8 Å². The minimum atomic E-state index is -3.44. The number of aliphatic hydroxyl groups is 1. The van der Waals surface area contributed by atoms with E-state index in [4.69, 9.17) is 5.11 Å². The molecule has 0 aromatic heterocycles. The van der Waals surface area contributed by atoms with Crippen molar-refractivity contribution in [2.75, 3.05) is 13.1 Å². The van der Waals surface area contributed by atoms with Gasteiger partial charge in [-0.1, -0.05) is 12.1 Å². The number of piperidine rings is 1. The van der Waals surface area contributed by atoms with Crippen LogP contribution in [0.1, 0.15) is 35.7 Å². The summed E-state index contributed by atoms with van der Waals surface area (Å²) in [6, 6.07) is 5.82. The fourth-order valence-electron chi connectivity index (χ4n) is 2.29. The third-order valence-corrected chi connectivity index (χ3v) is 5.59. The summed E-state index contributed by atoms with van der Waals surface area (Å²) in [6.07, 6.45) is 0.842. The van der Waals surface area contributed by atoms with Crippen molar-refractivity contribution >= 4 is 16.0 Å². The predicted molar refractivity (Wildman–Crippen MR) is 77.5 cm³/mol. The van der Waals surface area contributed by atoms with Crippen LogP contribution in [0.5, 0.6) is 0 Å². The summed E-state index contributed by atoms with van der Waals surface area (Å²) >= 11 is 0. The Hall–Kier alpha value is -1.44. The first kappa shape index (κ1) is 15.9. The van der Waals surface area contributed by atoms with Crippen LogP contribution >= 0.6 is 0 Å². The van der Waals surface area contributed by atoms with Crippen molar-refractivity contribution in [3.63, 3.8) is 0 Å². The summed E-state index contributed by atoms with van der Waals surface area (Å²) in [6.45, 7) is 2.33. The van der Waals surface area contributed by atoms with E-state index in [0.29, 0.717) is 31.5 Å². The molecule has 0 atom stereocenters. The molecule has 1 fully saturated rings. The molecule has 21 heavy (non-hydrogen) atoms. The highest BCUT2D eigenvalue weighted by Crippen LogP contribution is 2.24. The van der Waals surface area contributed by atoms with E-state index in [2.05, 4.69) is 0 Å². The van der Waals surface area contributed by atoms with Gasteiger partial charge in [-0.25, -0.2) is 17.5 Å². The van der Waals surface area contributed by atoms with Gasteiger partial charge in [0.25, 0.3) is 0 Å². The lowest BCUT2D eigenvalue weighted by Crippen LogP contribution is -2.45. The average Bonchev–Trinajstić information content (AvgIpc) is 2.38. The van der Waals surface area contributed by atoms with E-state index in [1.807, 2.05) is 0 Å². The van der Waals surface area contributed by atoms with Crippen molar-refractivity contribution in [1.82, 2.24) is 4.31 Å². The van der Waals surface area contributed by atoms with Crippen LogP contribution in [0.2, 0.25) is 0 Å². The van der Waals surface area contributed by atoms with Crippen LogP contribution in [0.3, 0.4) is 0 Å². The molecule has 116 valence electrons. The van der Waals surface area contributed by atoms with E-state index in [0.717, 1.165) is 0 Å². The molecule has 0 saturated carbocycles. The monoisotopic (exact) mass is 313 g/mol.